The van der Waals surface area contributed by atoms with Crippen molar-refractivity contribution in [2.24, 2.45) is 5.92 Å². The first kappa shape index (κ1) is 20.2. The number of hydrogen-bond acceptors (Lipinski definition) is 0. The summed E-state index contributed by atoms with van der Waals surface area (Å²) in [6.07, 6.45) is 8.43. The van der Waals surface area contributed by atoms with E-state index >= 15 is 0 Å². The van der Waals surface area contributed by atoms with Gasteiger partial charge in [0.2, 0.25) is 0 Å². The lowest BCUT2D eigenvalue weighted by atomic mass is 9.78. The molecule has 0 saturated heterocycles. The van der Waals surface area contributed by atoms with Gasteiger partial charge < -0.3 is 0 Å². The van der Waals surface area contributed by atoms with Crippen LogP contribution >= 0.6 is 0 Å². The molecule has 1 fully saturated rings. The summed E-state index contributed by atoms with van der Waals surface area (Å²) in [6.45, 7) is 2.02. The fraction of sp³-hybridized carbons (Fsp3) is 0.364. The molecule has 3 rings (SSSR count). The second kappa shape index (κ2) is 8.52. The second-order valence-electron chi connectivity index (χ2n) is 6.63. The quantitative estimate of drug-likeness (QED) is 0.297. The van der Waals surface area contributed by atoms with Gasteiger partial charge in [0, 0.05) is 6.99 Å². The first-order valence-corrected chi connectivity index (χ1v) is 8.56. The highest BCUT2D eigenvalue weighted by atomic mass is 19.2. The van der Waals surface area contributed by atoms with Gasteiger partial charge in [0.05, 0.1) is 0 Å². The van der Waals surface area contributed by atoms with Crippen LogP contribution in [0.2, 0.25) is 0 Å². The maximum absolute atomic E-state index is 14.5. The van der Waals surface area contributed by atoms with Gasteiger partial charge in [-0.15, -0.1) is 0 Å². The van der Waals surface area contributed by atoms with E-state index in [1.807, 2.05) is 6.92 Å². The molecule has 1 aliphatic carbocycles. The Morgan fingerprint density at radius 2 is 1.50 bits per heavy atom. The summed E-state index contributed by atoms with van der Waals surface area (Å²) in [5.41, 5.74) is 0.977. The summed E-state index contributed by atoms with van der Waals surface area (Å²) >= 11 is 0. The molecular weight excluding hydrogens is 340 g/mol. The van der Waals surface area contributed by atoms with E-state index in [-0.39, 0.29) is 20.0 Å². The normalized spacial score (nSPS) is 20.2. The van der Waals surface area contributed by atoms with Crippen molar-refractivity contribution in [2.45, 2.75) is 46.0 Å². The molecule has 0 heterocycles. The zero-order valence-electron chi connectivity index (χ0n) is 14.0. The summed E-state index contributed by atoms with van der Waals surface area (Å²) in [7, 11) is 0. The molecular formula is C22H26F4. The van der Waals surface area contributed by atoms with E-state index in [0.717, 1.165) is 43.4 Å². The number of halogens is 4. The first-order chi connectivity index (χ1) is 12.0. The summed E-state index contributed by atoms with van der Waals surface area (Å²) in [6, 6.07) is 6.40. The molecule has 26 heavy (non-hydrogen) atoms. The average molecular weight is 366 g/mol. The zero-order valence-corrected chi connectivity index (χ0v) is 14.0. The number of hydrogen-bond donors (Lipinski definition) is 0. The summed E-state index contributed by atoms with van der Waals surface area (Å²) < 4.78 is 54.3. The van der Waals surface area contributed by atoms with Crippen molar-refractivity contribution < 1.29 is 19.0 Å². The van der Waals surface area contributed by atoms with Crippen molar-refractivity contribution in [2.75, 3.05) is 0 Å². The number of benzene rings is 2. The molecule has 142 valence electrons. The van der Waals surface area contributed by atoms with Crippen LogP contribution in [0.15, 0.2) is 42.5 Å². The molecule has 1 saturated carbocycles. The van der Waals surface area contributed by atoms with Crippen LogP contribution in [0.4, 0.5) is 17.6 Å². The molecule has 0 amide bonds. The Morgan fingerprint density at radius 3 is 2.04 bits per heavy atom. The Bertz CT molecular complexity index is 770. The molecule has 1 aliphatic rings. The Hall–Kier alpha value is -2.10. The van der Waals surface area contributed by atoms with Gasteiger partial charge in [0.25, 0.3) is 0 Å². The SMILES string of the molecule is C.C/C=C/C1CCC(c2ccc(-c3cc(F)c(F)c(F)c3)c(F)c2)CC1.[HH]. The van der Waals surface area contributed by atoms with Crippen LogP contribution in [-0.2, 0) is 0 Å². The van der Waals surface area contributed by atoms with Crippen molar-refractivity contribution in [1.29, 1.82) is 0 Å². The highest BCUT2D eigenvalue weighted by Crippen LogP contribution is 2.37. The van der Waals surface area contributed by atoms with E-state index in [4.69, 9.17) is 0 Å². The van der Waals surface area contributed by atoms with Crippen molar-refractivity contribution >= 4 is 0 Å². The van der Waals surface area contributed by atoms with Gasteiger partial charge in [-0.2, -0.15) is 0 Å². The van der Waals surface area contributed by atoms with E-state index in [1.165, 1.54) is 12.1 Å². The first-order valence-electron chi connectivity index (χ1n) is 8.56. The predicted octanol–water partition coefficient (Wildman–Crippen LogP) is 7.64. The van der Waals surface area contributed by atoms with Gasteiger partial charge in [-0.1, -0.05) is 31.7 Å². The third-order valence-electron chi connectivity index (χ3n) is 5.00. The lowest BCUT2D eigenvalue weighted by molar-refractivity contribution is 0.375. The van der Waals surface area contributed by atoms with Crippen molar-refractivity contribution in [3.8, 4) is 11.1 Å². The van der Waals surface area contributed by atoms with Crippen LogP contribution in [0.1, 0.15) is 52.9 Å². The average Bonchev–Trinajstić information content (AvgIpc) is 2.60. The predicted molar refractivity (Wildman–Crippen MR) is 100 cm³/mol. The molecule has 0 spiro atoms. The zero-order chi connectivity index (χ0) is 18.0. The Kier molecular flexibility index (Phi) is 6.63. The van der Waals surface area contributed by atoms with Gasteiger partial charge in [-0.25, -0.2) is 17.6 Å². The fourth-order valence-electron chi connectivity index (χ4n) is 3.65. The minimum absolute atomic E-state index is 0. The van der Waals surface area contributed by atoms with E-state index in [1.54, 1.807) is 6.07 Å². The van der Waals surface area contributed by atoms with Crippen LogP contribution < -0.4 is 0 Å². The third-order valence-corrected chi connectivity index (χ3v) is 5.00. The maximum Gasteiger partial charge on any atom is 0.194 e. The van der Waals surface area contributed by atoms with Crippen LogP contribution in [0.3, 0.4) is 0 Å². The molecule has 0 aromatic heterocycles. The lowest BCUT2D eigenvalue weighted by Crippen LogP contribution is -2.12. The van der Waals surface area contributed by atoms with Gasteiger partial charge in [0.15, 0.2) is 17.5 Å². The molecule has 0 atom stereocenters. The Labute approximate surface area is 154 Å². The monoisotopic (exact) mass is 366 g/mol. The smallest absolute Gasteiger partial charge is 0.194 e. The van der Waals surface area contributed by atoms with Crippen molar-refractivity contribution in [3.05, 3.63) is 71.3 Å². The Balaban J connectivity index is 0.00000182. The molecule has 0 bridgehead atoms. The Morgan fingerprint density at radius 1 is 0.885 bits per heavy atom. The van der Waals surface area contributed by atoms with Crippen molar-refractivity contribution in [1.82, 2.24) is 0 Å². The molecule has 0 radical (unpaired) electrons. The number of rotatable bonds is 3. The van der Waals surface area contributed by atoms with Gasteiger partial charge in [0.1, 0.15) is 5.82 Å². The standard InChI is InChI=1S/C21H20F4.CH4.H2/c1-2-3-13-4-6-14(7-5-13)15-8-9-17(18(22)10-15)16-11-19(23)21(25)20(24)12-16;;/h2-3,8-14H,4-7H2,1H3;1H4;1H/b3-2+;;. The molecule has 0 nitrogen and oxygen atoms in total. The maximum atomic E-state index is 14.5. The van der Waals surface area contributed by atoms with Gasteiger partial charge in [-0.05, 0) is 73.8 Å². The number of allylic oxidation sites excluding steroid dienone is 2. The molecule has 2 aromatic rings. The minimum Gasteiger partial charge on any atom is -0.206 e. The van der Waals surface area contributed by atoms with Crippen LogP contribution in [0.25, 0.3) is 11.1 Å². The van der Waals surface area contributed by atoms with Crippen LogP contribution in [0, 0.1) is 29.2 Å². The minimum atomic E-state index is -1.54. The van der Waals surface area contributed by atoms with E-state index in [9.17, 15) is 17.6 Å². The molecule has 0 unspecified atom stereocenters. The summed E-state index contributed by atoms with van der Waals surface area (Å²) in [5.74, 6) is -3.83. The van der Waals surface area contributed by atoms with Gasteiger partial charge in [-0.3, -0.25) is 0 Å². The largest absolute Gasteiger partial charge is 0.206 e. The molecule has 0 aliphatic heterocycles. The molecule has 2 aromatic carbocycles. The highest BCUT2D eigenvalue weighted by Gasteiger charge is 2.22. The third kappa shape index (κ3) is 4.17. The van der Waals surface area contributed by atoms with Crippen LogP contribution in [-0.4, -0.2) is 0 Å². The topological polar surface area (TPSA) is 0 Å². The fourth-order valence-corrected chi connectivity index (χ4v) is 3.65. The van der Waals surface area contributed by atoms with Crippen LogP contribution in [0.5, 0.6) is 0 Å². The van der Waals surface area contributed by atoms with Crippen molar-refractivity contribution in [3.63, 3.8) is 0 Å². The van der Waals surface area contributed by atoms with Gasteiger partial charge >= 0.3 is 0 Å². The van der Waals surface area contributed by atoms with E-state index < -0.39 is 23.3 Å². The van der Waals surface area contributed by atoms with E-state index in [0.29, 0.717) is 11.8 Å². The molecule has 4 heteroatoms. The highest BCUT2D eigenvalue weighted by molar-refractivity contribution is 5.65. The second-order valence-corrected chi connectivity index (χ2v) is 6.63. The van der Waals surface area contributed by atoms with E-state index in [2.05, 4.69) is 12.2 Å². The summed E-state index contributed by atoms with van der Waals surface area (Å²) in [5, 5.41) is 0. The molecule has 0 N–H and O–H groups in total. The summed E-state index contributed by atoms with van der Waals surface area (Å²) in [4.78, 5) is 0. The lowest BCUT2D eigenvalue weighted by Gasteiger charge is -2.27.